The molecule has 162 valence electrons. The van der Waals surface area contributed by atoms with E-state index in [1.54, 1.807) is 0 Å². The van der Waals surface area contributed by atoms with Crippen LogP contribution in [0.3, 0.4) is 0 Å². The van der Waals surface area contributed by atoms with Crippen LogP contribution in [0.25, 0.3) is 0 Å². The molecule has 11 unspecified atom stereocenters. The van der Waals surface area contributed by atoms with Gasteiger partial charge in [-0.15, -0.1) is 0 Å². The molecule has 4 rings (SSSR count). The van der Waals surface area contributed by atoms with Crippen molar-refractivity contribution in [1.29, 1.82) is 0 Å². The third-order valence-corrected chi connectivity index (χ3v) is 10.9. The summed E-state index contributed by atoms with van der Waals surface area (Å²) in [6.45, 7) is 12.3. The molecule has 11 atom stereocenters. The smallest absolute Gasteiger partial charge is 0.0605 e. The first-order chi connectivity index (χ1) is 13.3. The van der Waals surface area contributed by atoms with Gasteiger partial charge in [-0.2, -0.15) is 0 Å². The van der Waals surface area contributed by atoms with Gasteiger partial charge in [0.1, 0.15) is 0 Å². The van der Waals surface area contributed by atoms with Crippen LogP contribution in [-0.4, -0.2) is 22.4 Å². The SMILES string of the molecule is CCCC(C)C1CCC2C3C(O)C(CC)C4CC(O)CCC4(C)C3CCC12C. The van der Waals surface area contributed by atoms with Crippen molar-refractivity contribution < 1.29 is 10.2 Å². The fraction of sp³-hybridized carbons (Fsp3) is 1.00. The lowest BCUT2D eigenvalue weighted by molar-refractivity contribution is -0.203. The van der Waals surface area contributed by atoms with Crippen LogP contribution in [0.5, 0.6) is 0 Å². The molecule has 28 heavy (non-hydrogen) atoms. The largest absolute Gasteiger partial charge is 0.393 e. The standard InChI is InChI=1S/C26H46O2/c1-6-8-16(3)19-9-10-20-23-21(12-14-25(19,20)4)26(5)13-11-17(27)15-22(26)18(7-2)24(23)28/h16-24,27-28H,6-15H2,1-5H3. The first kappa shape index (κ1) is 21.2. The Kier molecular flexibility index (Phi) is 5.71. The Morgan fingerprint density at radius 1 is 0.893 bits per heavy atom. The molecule has 4 aliphatic rings. The molecule has 0 aromatic carbocycles. The number of hydrogen-bond acceptors (Lipinski definition) is 2. The lowest BCUT2D eigenvalue weighted by Gasteiger charge is -2.64. The van der Waals surface area contributed by atoms with Crippen molar-refractivity contribution in [3.63, 3.8) is 0 Å². The van der Waals surface area contributed by atoms with Gasteiger partial charge in [0, 0.05) is 0 Å². The van der Waals surface area contributed by atoms with Gasteiger partial charge in [-0.25, -0.2) is 0 Å². The van der Waals surface area contributed by atoms with E-state index in [1.165, 1.54) is 44.9 Å². The summed E-state index contributed by atoms with van der Waals surface area (Å²) < 4.78 is 0. The Morgan fingerprint density at radius 3 is 2.25 bits per heavy atom. The summed E-state index contributed by atoms with van der Waals surface area (Å²) in [6, 6.07) is 0. The van der Waals surface area contributed by atoms with Gasteiger partial charge in [0.15, 0.2) is 0 Å². The molecule has 2 nitrogen and oxygen atoms in total. The highest BCUT2D eigenvalue weighted by Gasteiger charge is 2.64. The lowest BCUT2D eigenvalue weighted by atomic mass is 9.41. The molecule has 0 amide bonds. The predicted molar refractivity (Wildman–Crippen MR) is 116 cm³/mol. The molecule has 4 aliphatic carbocycles. The molecule has 0 bridgehead atoms. The van der Waals surface area contributed by atoms with Gasteiger partial charge in [-0.3, -0.25) is 0 Å². The Bertz CT molecular complexity index is 561. The maximum absolute atomic E-state index is 11.7. The van der Waals surface area contributed by atoms with Crippen LogP contribution < -0.4 is 0 Å². The van der Waals surface area contributed by atoms with Crippen LogP contribution in [0.4, 0.5) is 0 Å². The highest BCUT2D eigenvalue weighted by Crippen LogP contribution is 2.69. The first-order valence-corrected chi connectivity index (χ1v) is 12.6. The molecule has 4 fully saturated rings. The van der Waals surface area contributed by atoms with E-state index in [1.807, 2.05) is 0 Å². The molecule has 0 spiro atoms. The van der Waals surface area contributed by atoms with Gasteiger partial charge >= 0.3 is 0 Å². The molecular weight excluding hydrogens is 344 g/mol. The van der Waals surface area contributed by atoms with Crippen molar-refractivity contribution in [2.45, 2.75) is 111 Å². The summed E-state index contributed by atoms with van der Waals surface area (Å²) in [6.07, 6.45) is 11.9. The van der Waals surface area contributed by atoms with E-state index < -0.39 is 0 Å². The first-order valence-electron chi connectivity index (χ1n) is 12.6. The predicted octanol–water partition coefficient (Wildman–Crippen LogP) is 6.05. The third-order valence-electron chi connectivity index (χ3n) is 10.9. The van der Waals surface area contributed by atoms with Gasteiger partial charge < -0.3 is 10.2 Å². The van der Waals surface area contributed by atoms with Crippen molar-refractivity contribution in [2.24, 2.45) is 52.3 Å². The molecule has 0 heterocycles. The second-order valence-corrected chi connectivity index (χ2v) is 11.9. The van der Waals surface area contributed by atoms with Crippen molar-refractivity contribution in [2.75, 3.05) is 0 Å². The molecular formula is C26H46O2. The van der Waals surface area contributed by atoms with Crippen LogP contribution in [0, 0.1) is 52.3 Å². The van der Waals surface area contributed by atoms with E-state index in [4.69, 9.17) is 0 Å². The number of fused-ring (bicyclic) bond motifs is 5. The minimum Gasteiger partial charge on any atom is -0.393 e. The molecule has 0 aromatic rings. The maximum Gasteiger partial charge on any atom is 0.0605 e. The van der Waals surface area contributed by atoms with E-state index >= 15 is 0 Å². The summed E-state index contributed by atoms with van der Waals surface area (Å²) >= 11 is 0. The van der Waals surface area contributed by atoms with E-state index in [0.717, 1.165) is 31.1 Å². The third kappa shape index (κ3) is 2.95. The maximum atomic E-state index is 11.7. The van der Waals surface area contributed by atoms with E-state index in [2.05, 4.69) is 34.6 Å². The minimum absolute atomic E-state index is 0.143. The van der Waals surface area contributed by atoms with E-state index in [-0.39, 0.29) is 12.2 Å². The highest BCUT2D eigenvalue weighted by atomic mass is 16.3. The van der Waals surface area contributed by atoms with Gasteiger partial charge in [0.25, 0.3) is 0 Å². The van der Waals surface area contributed by atoms with Crippen molar-refractivity contribution in [1.82, 2.24) is 0 Å². The fourth-order valence-corrected chi connectivity index (χ4v) is 9.59. The quantitative estimate of drug-likeness (QED) is 0.613. The molecule has 0 aromatic heterocycles. The zero-order valence-corrected chi connectivity index (χ0v) is 19.2. The van der Waals surface area contributed by atoms with Crippen LogP contribution in [0.1, 0.15) is 98.8 Å². The number of rotatable bonds is 4. The highest BCUT2D eigenvalue weighted by molar-refractivity contribution is 5.13. The van der Waals surface area contributed by atoms with Crippen molar-refractivity contribution in [3.8, 4) is 0 Å². The van der Waals surface area contributed by atoms with E-state index in [9.17, 15) is 10.2 Å². The molecule has 0 radical (unpaired) electrons. The van der Waals surface area contributed by atoms with Crippen molar-refractivity contribution in [3.05, 3.63) is 0 Å². The summed E-state index contributed by atoms with van der Waals surface area (Å²) in [4.78, 5) is 0. The van der Waals surface area contributed by atoms with Gasteiger partial charge in [0.2, 0.25) is 0 Å². The summed E-state index contributed by atoms with van der Waals surface area (Å²) in [5.74, 6) is 4.45. The zero-order chi connectivity index (χ0) is 20.3. The van der Waals surface area contributed by atoms with Gasteiger partial charge in [-0.05, 0) is 97.2 Å². The Balaban J connectivity index is 1.67. The second kappa shape index (κ2) is 7.56. The molecule has 2 N–H and O–H groups in total. The molecule has 0 saturated heterocycles. The Labute approximate surface area is 173 Å². The summed E-state index contributed by atoms with van der Waals surface area (Å²) in [5.41, 5.74) is 0.769. The summed E-state index contributed by atoms with van der Waals surface area (Å²) in [7, 11) is 0. The fourth-order valence-electron chi connectivity index (χ4n) is 9.59. The second-order valence-electron chi connectivity index (χ2n) is 11.9. The zero-order valence-electron chi connectivity index (χ0n) is 19.2. The topological polar surface area (TPSA) is 40.5 Å². The van der Waals surface area contributed by atoms with E-state index in [0.29, 0.717) is 40.4 Å². The monoisotopic (exact) mass is 390 g/mol. The average molecular weight is 391 g/mol. The van der Waals surface area contributed by atoms with Crippen LogP contribution in [0.2, 0.25) is 0 Å². The van der Waals surface area contributed by atoms with Gasteiger partial charge in [0.05, 0.1) is 12.2 Å². The van der Waals surface area contributed by atoms with Crippen LogP contribution in [-0.2, 0) is 0 Å². The number of aliphatic hydroxyl groups is 2. The number of hydrogen-bond donors (Lipinski definition) is 2. The van der Waals surface area contributed by atoms with Crippen LogP contribution >= 0.6 is 0 Å². The van der Waals surface area contributed by atoms with Crippen molar-refractivity contribution >= 4 is 0 Å². The average Bonchev–Trinajstić information content (AvgIpc) is 3.01. The molecule has 4 saturated carbocycles. The summed E-state index contributed by atoms with van der Waals surface area (Å²) in [5, 5.41) is 22.1. The van der Waals surface area contributed by atoms with Gasteiger partial charge in [-0.1, -0.05) is 53.9 Å². The normalized spacial score (nSPS) is 54.5. The Morgan fingerprint density at radius 2 is 1.57 bits per heavy atom. The minimum atomic E-state index is -0.150. The number of aliphatic hydroxyl groups excluding tert-OH is 2. The lowest BCUT2D eigenvalue weighted by Crippen LogP contribution is -2.62. The molecule has 0 aliphatic heterocycles. The molecule has 2 heteroatoms. The van der Waals surface area contributed by atoms with Crippen LogP contribution in [0.15, 0.2) is 0 Å². The Hall–Kier alpha value is -0.0800.